The first-order valence-electron chi connectivity index (χ1n) is 5.78. The molecule has 0 aromatic rings. The predicted octanol–water partition coefficient (Wildman–Crippen LogP) is -0.205. The number of nitrogens with two attached hydrogens (primary N) is 1. The van der Waals surface area contributed by atoms with Crippen molar-refractivity contribution in [3.8, 4) is 12.3 Å². The molecule has 0 aromatic heterocycles. The van der Waals surface area contributed by atoms with Crippen LogP contribution in [0.4, 0.5) is 0 Å². The van der Waals surface area contributed by atoms with E-state index in [2.05, 4.69) is 23.2 Å². The minimum Gasteiger partial charge on any atom is -0.354 e. The van der Waals surface area contributed by atoms with Crippen molar-refractivity contribution in [1.82, 2.24) is 10.2 Å². The number of terminal acetylenes is 1. The topological polar surface area (TPSA) is 58.4 Å². The van der Waals surface area contributed by atoms with Crippen LogP contribution in [0.15, 0.2) is 0 Å². The lowest BCUT2D eigenvalue weighted by atomic mass is 9.97. The van der Waals surface area contributed by atoms with Crippen LogP contribution in [-0.4, -0.2) is 43.5 Å². The van der Waals surface area contributed by atoms with Crippen molar-refractivity contribution in [2.45, 2.75) is 25.3 Å². The molecule has 0 saturated carbocycles. The lowest BCUT2D eigenvalue weighted by Gasteiger charge is -2.29. The van der Waals surface area contributed by atoms with Gasteiger partial charge in [-0.3, -0.25) is 4.79 Å². The summed E-state index contributed by atoms with van der Waals surface area (Å²) >= 11 is 0. The smallest absolute Gasteiger partial charge is 0.237 e. The molecular formula is C12H21N3O. The summed E-state index contributed by atoms with van der Waals surface area (Å²) in [4.78, 5) is 13.8. The van der Waals surface area contributed by atoms with Gasteiger partial charge in [-0.2, -0.15) is 0 Å². The van der Waals surface area contributed by atoms with Crippen LogP contribution >= 0.6 is 0 Å². The molecule has 1 heterocycles. The standard InChI is InChI=1S/C12H21N3O/c1-3-4-11(13)12(16)14-9-10-5-7-15(2)8-6-10/h1,10-11H,4-9,13H2,2H3,(H,14,16). The Morgan fingerprint density at radius 3 is 2.81 bits per heavy atom. The average Bonchev–Trinajstić information content (AvgIpc) is 2.28. The van der Waals surface area contributed by atoms with Crippen molar-refractivity contribution >= 4 is 5.91 Å². The molecule has 1 aliphatic heterocycles. The molecule has 1 rings (SSSR count). The summed E-state index contributed by atoms with van der Waals surface area (Å²) in [6.07, 6.45) is 7.69. The van der Waals surface area contributed by atoms with Crippen LogP contribution in [-0.2, 0) is 4.79 Å². The molecule has 0 aromatic carbocycles. The van der Waals surface area contributed by atoms with Gasteiger partial charge in [0.05, 0.1) is 6.04 Å². The normalized spacial score (nSPS) is 20.1. The molecule has 1 atom stereocenters. The Bertz CT molecular complexity index is 264. The zero-order chi connectivity index (χ0) is 12.0. The lowest BCUT2D eigenvalue weighted by molar-refractivity contribution is -0.122. The molecule has 1 aliphatic rings. The Labute approximate surface area is 97.6 Å². The Hall–Kier alpha value is -1.05. The van der Waals surface area contributed by atoms with E-state index in [-0.39, 0.29) is 5.91 Å². The third-order valence-corrected chi connectivity index (χ3v) is 3.08. The minimum atomic E-state index is -0.559. The maximum Gasteiger partial charge on any atom is 0.237 e. The van der Waals surface area contributed by atoms with E-state index in [1.54, 1.807) is 0 Å². The van der Waals surface area contributed by atoms with E-state index in [0.717, 1.165) is 32.5 Å². The second-order valence-electron chi connectivity index (χ2n) is 4.51. The van der Waals surface area contributed by atoms with Crippen LogP contribution in [0.5, 0.6) is 0 Å². The lowest BCUT2D eigenvalue weighted by Crippen LogP contribution is -2.43. The number of amides is 1. The first-order chi connectivity index (χ1) is 7.63. The fraction of sp³-hybridized carbons (Fsp3) is 0.750. The number of carbonyl (C=O) groups excluding carboxylic acids is 1. The Morgan fingerprint density at radius 1 is 1.62 bits per heavy atom. The third kappa shape index (κ3) is 4.21. The summed E-state index contributed by atoms with van der Waals surface area (Å²) in [6.45, 7) is 2.94. The Kier molecular flexibility index (Phi) is 5.30. The summed E-state index contributed by atoms with van der Waals surface area (Å²) in [5.41, 5.74) is 5.60. The fourth-order valence-corrected chi connectivity index (χ4v) is 1.86. The van der Waals surface area contributed by atoms with Gasteiger partial charge in [0.1, 0.15) is 0 Å². The average molecular weight is 223 g/mol. The van der Waals surface area contributed by atoms with E-state index in [4.69, 9.17) is 12.2 Å². The molecule has 1 amide bonds. The van der Waals surface area contributed by atoms with Gasteiger partial charge in [0.25, 0.3) is 0 Å². The highest BCUT2D eigenvalue weighted by Gasteiger charge is 2.18. The summed E-state index contributed by atoms with van der Waals surface area (Å²) in [5.74, 6) is 2.85. The molecule has 1 saturated heterocycles. The molecule has 0 spiro atoms. The van der Waals surface area contributed by atoms with Crippen molar-refractivity contribution in [1.29, 1.82) is 0 Å². The van der Waals surface area contributed by atoms with Gasteiger partial charge >= 0.3 is 0 Å². The van der Waals surface area contributed by atoms with Gasteiger partial charge < -0.3 is 16.0 Å². The van der Waals surface area contributed by atoms with Crippen LogP contribution < -0.4 is 11.1 Å². The van der Waals surface area contributed by atoms with Gasteiger partial charge in [-0.25, -0.2) is 0 Å². The second-order valence-corrected chi connectivity index (χ2v) is 4.51. The van der Waals surface area contributed by atoms with Crippen molar-refractivity contribution in [3.05, 3.63) is 0 Å². The van der Waals surface area contributed by atoms with Crippen LogP contribution in [0.2, 0.25) is 0 Å². The third-order valence-electron chi connectivity index (χ3n) is 3.08. The fourth-order valence-electron chi connectivity index (χ4n) is 1.86. The highest BCUT2D eigenvalue weighted by molar-refractivity contribution is 5.81. The molecule has 0 aliphatic carbocycles. The highest BCUT2D eigenvalue weighted by atomic mass is 16.2. The van der Waals surface area contributed by atoms with Crippen LogP contribution in [0.1, 0.15) is 19.3 Å². The SMILES string of the molecule is C#CCC(N)C(=O)NCC1CCN(C)CC1. The number of nitrogens with one attached hydrogen (secondary N) is 1. The van der Waals surface area contributed by atoms with E-state index in [1.165, 1.54) is 0 Å². The van der Waals surface area contributed by atoms with Gasteiger partial charge in [-0.05, 0) is 38.9 Å². The molecule has 16 heavy (non-hydrogen) atoms. The van der Waals surface area contributed by atoms with Crippen molar-refractivity contribution in [3.63, 3.8) is 0 Å². The number of nitrogens with zero attached hydrogens (tertiary/aromatic N) is 1. The van der Waals surface area contributed by atoms with Gasteiger partial charge in [-0.1, -0.05) is 0 Å². The second kappa shape index (κ2) is 6.51. The van der Waals surface area contributed by atoms with Crippen LogP contribution in [0.3, 0.4) is 0 Å². The van der Waals surface area contributed by atoms with Crippen LogP contribution in [0, 0.1) is 18.3 Å². The monoisotopic (exact) mass is 223 g/mol. The van der Waals surface area contributed by atoms with E-state index in [9.17, 15) is 4.79 Å². The predicted molar refractivity (Wildman–Crippen MR) is 64.7 cm³/mol. The largest absolute Gasteiger partial charge is 0.354 e. The number of hydrogen-bond donors (Lipinski definition) is 2. The number of hydrogen-bond acceptors (Lipinski definition) is 3. The van der Waals surface area contributed by atoms with Crippen LogP contribution in [0.25, 0.3) is 0 Å². The van der Waals surface area contributed by atoms with Crippen molar-refractivity contribution < 1.29 is 4.79 Å². The molecule has 3 N–H and O–H groups in total. The minimum absolute atomic E-state index is 0.128. The van der Waals surface area contributed by atoms with E-state index < -0.39 is 6.04 Å². The van der Waals surface area contributed by atoms with Gasteiger partial charge in [0.2, 0.25) is 5.91 Å². The molecule has 1 unspecified atom stereocenters. The maximum absolute atomic E-state index is 11.5. The number of carbonyl (C=O) groups is 1. The molecular weight excluding hydrogens is 202 g/mol. The van der Waals surface area contributed by atoms with Crippen molar-refractivity contribution in [2.24, 2.45) is 11.7 Å². The quantitative estimate of drug-likeness (QED) is 0.649. The summed E-state index contributed by atoms with van der Waals surface area (Å²) in [6, 6.07) is -0.559. The first kappa shape index (κ1) is 13.0. The summed E-state index contributed by atoms with van der Waals surface area (Å²) < 4.78 is 0. The molecule has 4 heteroatoms. The highest BCUT2D eigenvalue weighted by Crippen LogP contribution is 2.14. The number of likely N-dealkylation sites (tertiary alicyclic amines) is 1. The molecule has 0 radical (unpaired) electrons. The number of piperidine rings is 1. The number of rotatable bonds is 4. The van der Waals surface area contributed by atoms with Crippen molar-refractivity contribution in [2.75, 3.05) is 26.7 Å². The Morgan fingerprint density at radius 2 is 2.25 bits per heavy atom. The Balaban J connectivity index is 2.19. The van der Waals surface area contributed by atoms with E-state index >= 15 is 0 Å². The summed E-state index contributed by atoms with van der Waals surface area (Å²) in [7, 11) is 2.12. The van der Waals surface area contributed by atoms with Gasteiger partial charge in [0, 0.05) is 13.0 Å². The van der Waals surface area contributed by atoms with E-state index in [1.807, 2.05) is 0 Å². The zero-order valence-electron chi connectivity index (χ0n) is 9.91. The van der Waals surface area contributed by atoms with E-state index in [0.29, 0.717) is 12.3 Å². The molecule has 1 fully saturated rings. The maximum atomic E-state index is 11.5. The molecule has 4 nitrogen and oxygen atoms in total. The zero-order valence-corrected chi connectivity index (χ0v) is 9.91. The van der Waals surface area contributed by atoms with Gasteiger partial charge in [-0.15, -0.1) is 12.3 Å². The summed E-state index contributed by atoms with van der Waals surface area (Å²) in [5, 5.41) is 2.87. The molecule has 0 bridgehead atoms. The van der Waals surface area contributed by atoms with Gasteiger partial charge in [0.15, 0.2) is 0 Å². The molecule has 90 valence electrons. The first-order valence-corrected chi connectivity index (χ1v) is 5.78.